The number of halogens is 6. The number of hydrogen-bond acceptors (Lipinski definition) is 4. The van der Waals surface area contributed by atoms with Gasteiger partial charge in [-0.1, -0.05) is 55.8 Å². The van der Waals surface area contributed by atoms with Crippen LogP contribution in [0, 0.1) is 18.8 Å². The smallest absolute Gasteiger partial charge is 0.322 e. The van der Waals surface area contributed by atoms with Crippen LogP contribution in [0.15, 0.2) is 47.5 Å². The summed E-state index contributed by atoms with van der Waals surface area (Å²) in [5.41, 5.74) is 3.29. The molecule has 41 heavy (non-hydrogen) atoms. The van der Waals surface area contributed by atoms with Crippen LogP contribution in [0.3, 0.4) is 0 Å². The van der Waals surface area contributed by atoms with Gasteiger partial charge in [-0.25, -0.2) is 9.89 Å². The molecule has 2 heterocycles. The van der Waals surface area contributed by atoms with Crippen molar-refractivity contribution in [3.63, 3.8) is 0 Å². The van der Waals surface area contributed by atoms with Crippen molar-refractivity contribution < 1.29 is 40.7 Å². The average molecular weight is 582 g/mol. The normalized spacial score (nSPS) is 21.6. The number of benzene rings is 2. The first-order chi connectivity index (χ1) is 19.1. The summed E-state index contributed by atoms with van der Waals surface area (Å²) in [5.74, 6) is -6.59. The van der Waals surface area contributed by atoms with E-state index in [0.29, 0.717) is 21.7 Å². The summed E-state index contributed by atoms with van der Waals surface area (Å²) >= 11 is 0. The van der Waals surface area contributed by atoms with Crippen molar-refractivity contribution in [2.24, 2.45) is 16.8 Å². The molecule has 0 radical (unpaired) electrons. The SMILES string of the molecule is Cc1cccc(C2=N[C@@H](N3C(=O)[C@@H](CCC(F)(F)F)[C@@H](CCC(F)(F)F)C3=O)C(=O)Nc3c2cccc3C(C)C)c1. The summed E-state index contributed by atoms with van der Waals surface area (Å²) in [7, 11) is 0. The van der Waals surface area contributed by atoms with Crippen molar-refractivity contribution in [2.45, 2.75) is 70.9 Å². The number of rotatable bonds is 7. The van der Waals surface area contributed by atoms with Crippen molar-refractivity contribution in [3.8, 4) is 0 Å². The number of fused-ring (bicyclic) bond motifs is 1. The maximum atomic E-state index is 13.6. The van der Waals surface area contributed by atoms with E-state index in [1.165, 1.54) is 0 Å². The van der Waals surface area contributed by atoms with Gasteiger partial charge in [0.25, 0.3) is 5.91 Å². The van der Waals surface area contributed by atoms with Gasteiger partial charge in [-0.3, -0.25) is 14.4 Å². The van der Waals surface area contributed by atoms with Gasteiger partial charge in [-0.2, -0.15) is 26.3 Å². The second-order valence-electron chi connectivity index (χ2n) is 10.7. The van der Waals surface area contributed by atoms with E-state index in [-0.39, 0.29) is 11.6 Å². The third kappa shape index (κ3) is 6.62. The fourth-order valence-corrected chi connectivity index (χ4v) is 5.36. The molecule has 0 saturated carbocycles. The molecule has 220 valence electrons. The number of nitrogens with zero attached hydrogens (tertiary/aromatic N) is 2. The van der Waals surface area contributed by atoms with E-state index in [0.717, 1.165) is 11.1 Å². The Morgan fingerprint density at radius 2 is 1.44 bits per heavy atom. The van der Waals surface area contributed by atoms with E-state index >= 15 is 0 Å². The number of carbonyl (C=O) groups is 3. The molecule has 0 aliphatic carbocycles. The fourth-order valence-electron chi connectivity index (χ4n) is 5.36. The van der Waals surface area contributed by atoms with Gasteiger partial charge in [0.15, 0.2) is 0 Å². The van der Waals surface area contributed by atoms with Crippen LogP contribution in [0.25, 0.3) is 0 Å². The Morgan fingerprint density at radius 1 is 0.878 bits per heavy atom. The van der Waals surface area contributed by atoms with Gasteiger partial charge in [0, 0.05) is 24.0 Å². The Labute approximate surface area is 232 Å². The van der Waals surface area contributed by atoms with E-state index in [4.69, 9.17) is 0 Å². The average Bonchev–Trinajstić information content (AvgIpc) is 2.99. The van der Waals surface area contributed by atoms with Crippen LogP contribution < -0.4 is 5.32 Å². The number of aliphatic imine (C=N–C) groups is 1. The standard InChI is InChI=1S/C29H29F6N3O3/c1-15(2)18-8-5-9-21-22(17-7-4-6-16(3)14-17)36-24(25(39)37-23(18)21)38-26(40)19(10-12-28(30,31)32)20(27(38)41)11-13-29(33,34)35/h4-9,14-15,19-20,24H,10-13H2,1-3H3,(H,37,39)/t19-,20+,24-/m0/s1. The van der Waals surface area contributed by atoms with Crippen LogP contribution >= 0.6 is 0 Å². The van der Waals surface area contributed by atoms with E-state index < -0.39 is 73.8 Å². The van der Waals surface area contributed by atoms with E-state index in [1.807, 2.05) is 26.8 Å². The van der Waals surface area contributed by atoms with Gasteiger partial charge in [0.05, 0.1) is 23.2 Å². The molecule has 6 nitrogen and oxygen atoms in total. The molecule has 12 heteroatoms. The van der Waals surface area contributed by atoms with Gasteiger partial charge in [0.1, 0.15) is 0 Å². The maximum Gasteiger partial charge on any atom is 0.389 e. The number of imide groups is 1. The number of amides is 3. The van der Waals surface area contributed by atoms with Gasteiger partial charge in [-0.15, -0.1) is 0 Å². The van der Waals surface area contributed by atoms with Crippen molar-refractivity contribution in [2.75, 3.05) is 5.32 Å². The van der Waals surface area contributed by atoms with Crippen LogP contribution in [0.5, 0.6) is 0 Å². The first kappa shape index (κ1) is 30.3. The zero-order valence-electron chi connectivity index (χ0n) is 22.6. The number of para-hydroxylation sites is 1. The summed E-state index contributed by atoms with van der Waals surface area (Å²) in [6, 6.07) is 12.3. The van der Waals surface area contributed by atoms with E-state index in [2.05, 4.69) is 10.3 Å². The summed E-state index contributed by atoms with van der Waals surface area (Å²) in [6.45, 7) is 5.63. The monoisotopic (exact) mass is 581 g/mol. The lowest BCUT2D eigenvalue weighted by molar-refractivity contribution is -0.147. The molecule has 2 aliphatic rings. The number of hydrogen-bond donors (Lipinski definition) is 1. The van der Waals surface area contributed by atoms with Crippen molar-refractivity contribution >= 4 is 29.1 Å². The minimum absolute atomic E-state index is 0.0610. The molecule has 1 saturated heterocycles. The highest BCUT2D eigenvalue weighted by Gasteiger charge is 2.53. The summed E-state index contributed by atoms with van der Waals surface area (Å²) in [5, 5.41) is 2.74. The molecular weight excluding hydrogens is 552 g/mol. The van der Waals surface area contributed by atoms with E-state index in [1.54, 1.807) is 36.4 Å². The van der Waals surface area contributed by atoms with Gasteiger partial charge >= 0.3 is 12.4 Å². The molecule has 3 atom stereocenters. The molecule has 0 aromatic heterocycles. The predicted molar refractivity (Wildman–Crippen MR) is 139 cm³/mol. The molecule has 4 rings (SSSR count). The van der Waals surface area contributed by atoms with Crippen LogP contribution in [0.4, 0.5) is 32.0 Å². The number of alkyl halides is 6. The zero-order valence-corrected chi connectivity index (χ0v) is 22.6. The number of aryl methyl sites for hydroxylation is 1. The predicted octanol–water partition coefficient (Wildman–Crippen LogP) is 6.52. The van der Waals surface area contributed by atoms with Gasteiger partial charge < -0.3 is 5.32 Å². The highest BCUT2D eigenvalue weighted by Crippen LogP contribution is 2.40. The highest BCUT2D eigenvalue weighted by atomic mass is 19.4. The van der Waals surface area contributed by atoms with Crippen LogP contribution in [-0.4, -0.2) is 46.9 Å². The summed E-state index contributed by atoms with van der Waals surface area (Å²) in [6.07, 6.45) is -15.9. The molecule has 0 spiro atoms. The number of carbonyl (C=O) groups excluding carboxylic acids is 3. The highest BCUT2D eigenvalue weighted by molar-refractivity contribution is 6.21. The third-order valence-electron chi connectivity index (χ3n) is 7.32. The number of anilines is 1. The minimum Gasteiger partial charge on any atom is -0.322 e. The number of likely N-dealkylation sites (tertiary alicyclic amines) is 1. The first-order valence-electron chi connectivity index (χ1n) is 13.2. The Balaban J connectivity index is 1.83. The lowest BCUT2D eigenvalue weighted by atomic mass is 9.87. The second-order valence-corrected chi connectivity index (χ2v) is 10.7. The second kappa shape index (κ2) is 11.3. The molecule has 2 aromatic carbocycles. The quantitative estimate of drug-likeness (QED) is 0.299. The molecule has 0 unspecified atom stereocenters. The molecule has 0 bridgehead atoms. The molecule has 2 aliphatic heterocycles. The lowest BCUT2D eigenvalue weighted by Crippen LogP contribution is -2.46. The molecule has 1 N–H and O–H groups in total. The zero-order chi connectivity index (χ0) is 30.3. The third-order valence-corrected chi connectivity index (χ3v) is 7.32. The first-order valence-corrected chi connectivity index (χ1v) is 13.2. The molecule has 2 aromatic rings. The van der Waals surface area contributed by atoms with Crippen LogP contribution in [0.2, 0.25) is 0 Å². The molecule has 1 fully saturated rings. The lowest BCUT2D eigenvalue weighted by Gasteiger charge is -2.22. The largest absolute Gasteiger partial charge is 0.389 e. The van der Waals surface area contributed by atoms with Gasteiger partial charge in [-0.05, 0) is 37.3 Å². The van der Waals surface area contributed by atoms with Crippen LogP contribution in [-0.2, 0) is 14.4 Å². The topological polar surface area (TPSA) is 78.8 Å². The molecule has 3 amide bonds. The molecular formula is C29H29F6N3O3. The summed E-state index contributed by atoms with van der Waals surface area (Å²) < 4.78 is 78.3. The van der Waals surface area contributed by atoms with Crippen molar-refractivity contribution in [3.05, 3.63) is 64.7 Å². The van der Waals surface area contributed by atoms with Crippen LogP contribution in [0.1, 0.15) is 67.7 Å². The van der Waals surface area contributed by atoms with Gasteiger partial charge in [0.2, 0.25) is 18.0 Å². The fraction of sp³-hybridized carbons (Fsp3) is 0.448. The Morgan fingerprint density at radius 3 is 1.95 bits per heavy atom. The maximum absolute atomic E-state index is 13.6. The Kier molecular flexibility index (Phi) is 8.33. The number of nitrogens with one attached hydrogen (secondary N) is 1. The van der Waals surface area contributed by atoms with E-state index in [9.17, 15) is 40.7 Å². The minimum atomic E-state index is -4.70. The number of benzodiazepines with no additional fused rings is 1. The Hall–Kier alpha value is -3.70. The summed E-state index contributed by atoms with van der Waals surface area (Å²) in [4.78, 5) is 45.5. The Bertz CT molecular complexity index is 1350. The van der Waals surface area contributed by atoms with Crippen molar-refractivity contribution in [1.29, 1.82) is 0 Å². The van der Waals surface area contributed by atoms with Crippen molar-refractivity contribution in [1.82, 2.24) is 4.90 Å².